The summed E-state index contributed by atoms with van der Waals surface area (Å²) in [4.78, 5) is 3.50. The maximum atomic E-state index is 9.06. The molecule has 0 aliphatic carbocycles. The van der Waals surface area contributed by atoms with Crippen LogP contribution in [0.4, 0.5) is 5.69 Å². The minimum absolute atomic E-state index is 0.249. The van der Waals surface area contributed by atoms with Gasteiger partial charge in [-0.25, -0.2) is 0 Å². The van der Waals surface area contributed by atoms with Crippen molar-refractivity contribution in [2.24, 2.45) is 0 Å². The Labute approximate surface area is 106 Å². The SMILES string of the molecule is CC1C(CCO)Sc2ccc(Cl)cc2N1C. The van der Waals surface area contributed by atoms with Crippen molar-refractivity contribution in [3.8, 4) is 0 Å². The maximum absolute atomic E-state index is 9.06. The van der Waals surface area contributed by atoms with E-state index in [1.807, 2.05) is 23.9 Å². The van der Waals surface area contributed by atoms with Crippen LogP contribution in [0.5, 0.6) is 0 Å². The number of thioether (sulfide) groups is 1. The predicted molar refractivity (Wildman–Crippen MR) is 70.7 cm³/mol. The minimum atomic E-state index is 0.249. The molecule has 0 spiro atoms. The zero-order chi connectivity index (χ0) is 11.7. The molecule has 0 bridgehead atoms. The Morgan fingerprint density at radius 1 is 1.50 bits per heavy atom. The van der Waals surface area contributed by atoms with Gasteiger partial charge in [0, 0.05) is 34.9 Å². The van der Waals surface area contributed by atoms with Gasteiger partial charge in [0.05, 0.1) is 5.69 Å². The van der Waals surface area contributed by atoms with E-state index in [2.05, 4.69) is 24.9 Å². The van der Waals surface area contributed by atoms with Gasteiger partial charge in [0.2, 0.25) is 0 Å². The molecule has 2 nitrogen and oxygen atoms in total. The van der Waals surface area contributed by atoms with Crippen molar-refractivity contribution in [2.45, 2.75) is 29.5 Å². The summed E-state index contributed by atoms with van der Waals surface area (Å²) in [6, 6.07) is 6.42. The van der Waals surface area contributed by atoms with Crippen LogP contribution >= 0.6 is 23.4 Å². The van der Waals surface area contributed by atoms with Gasteiger partial charge in [0.15, 0.2) is 0 Å². The van der Waals surface area contributed by atoms with Crippen LogP contribution in [0.25, 0.3) is 0 Å². The molecule has 88 valence electrons. The second kappa shape index (κ2) is 4.86. The third kappa shape index (κ3) is 2.17. The number of fused-ring (bicyclic) bond motifs is 1. The molecule has 4 heteroatoms. The normalized spacial score (nSPS) is 24.4. The Balaban J connectivity index is 2.32. The monoisotopic (exact) mass is 257 g/mol. The topological polar surface area (TPSA) is 23.5 Å². The second-order valence-corrected chi connectivity index (χ2v) is 5.85. The predicted octanol–water partition coefficient (Wildman–Crippen LogP) is 3.02. The second-order valence-electron chi connectivity index (χ2n) is 4.13. The fourth-order valence-electron chi connectivity index (χ4n) is 2.02. The largest absolute Gasteiger partial charge is 0.396 e. The molecule has 0 fully saturated rings. The lowest BCUT2D eigenvalue weighted by molar-refractivity contribution is 0.282. The Bertz CT molecular complexity index is 385. The summed E-state index contributed by atoms with van der Waals surface area (Å²) in [5.41, 5.74) is 1.19. The summed E-state index contributed by atoms with van der Waals surface area (Å²) >= 11 is 7.85. The summed E-state index contributed by atoms with van der Waals surface area (Å²) in [7, 11) is 2.09. The van der Waals surface area contributed by atoms with Crippen LogP contribution in [-0.4, -0.2) is 30.1 Å². The molecule has 1 aromatic rings. The van der Waals surface area contributed by atoms with E-state index < -0.39 is 0 Å². The molecule has 2 rings (SSSR count). The van der Waals surface area contributed by atoms with Gasteiger partial charge in [0.1, 0.15) is 0 Å². The molecule has 0 radical (unpaired) electrons. The summed E-state index contributed by atoms with van der Waals surface area (Å²) in [5, 5.41) is 10.3. The molecule has 2 atom stereocenters. The lowest BCUT2D eigenvalue weighted by Crippen LogP contribution is -2.40. The van der Waals surface area contributed by atoms with E-state index in [4.69, 9.17) is 16.7 Å². The molecular formula is C12H16ClNOS. The average Bonchev–Trinajstić information content (AvgIpc) is 2.27. The molecule has 1 N–H and O–H groups in total. The van der Waals surface area contributed by atoms with Gasteiger partial charge in [0.25, 0.3) is 0 Å². The number of anilines is 1. The lowest BCUT2D eigenvalue weighted by Gasteiger charge is -2.39. The fraction of sp³-hybridized carbons (Fsp3) is 0.500. The van der Waals surface area contributed by atoms with E-state index in [1.54, 1.807) is 0 Å². The smallest absolute Gasteiger partial charge is 0.0519 e. The molecule has 0 saturated heterocycles. The van der Waals surface area contributed by atoms with Crippen molar-refractivity contribution in [1.29, 1.82) is 0 Å². The van der Waals surface area contributed by atoms with E-state index in [9.17, 15) is 0 Å². The van der Waals surface area contributed by atoms with E-state index in [-0.39, 0.29) is 6.61 Å². The number of halogens is 1. The zero-order valence-electron chi connectivity index (χ0n) is 9.48. The van der Waals surface area contributed by atoms with E-state index in [0.29, 0.717) is 11.3 Å². The minimum Gasteiger partial charge on any atom is -0.396 e. The average molecular weight is 258 g/mol. The van der Waals surface area contributed by atoms with Crippen molar-refractivity contribution < 1.29 is 5.11 Å². The Kier molecular flexibility index (Phi) is 3.67. The van der Waals surface area contributed by atoms with Crippen LogP contribution < -0.4 is 4.90 Å². The number of aliphatic hydroxyl groups is 1. The molecule has 2 unspecified atom stereocenters. The van der Waals surface area contributed by atoms with Crippen LogP contribution in [0, 0.1) is 0 Å². The number of hydrogen-bond acceptors (Lipinski definition) is 3. The molecule has 16 heavy (non-hydrogen) atoms. The van der Waals surface area contributed by atoms with Crippen molar-refractivity contribution in [2.75, 3.05) is 18.6 Å². The highest BCUT2D eigenvalue weighted by atomic mass is 35.5. The van der Waals surface area contributed by atoms with E-state index >= 15 is 0 Å². The highest BCUT2D eigenvalue weighted by molar-refractivity contribution is 8.00. The highest BCUT2D eigenvalue weighted by Crippen LogP contribution is 2.42. The first kappa shape index (κ1) is 12.1. The van der Waals surface area contributed by atoms with Gasteiger partial charge in [-0.15, -0.1) is 11.8 Å². The van der Waals surface area contributed by atoms with Crippen molar-refractivity contribution in [3.63, 3.8) is 0 Å². The first-order valence-electron chi connectivity index (χ1n) is 5.43. The van der Waals surface area contributed by atoms with E-state index in [0.717, 1.165) is 11.4 Å². The molecule has 1 aliphatic heterocycles. The molecule has 0 aromatic heterocycles. The zero-order valence-corrected chi connectivity index (χ0v) is 11.1. The van der Waals surface area contributed by atoms with Gasteiger partial charge in [-0.05, 0) is 31.5 Å². The molecule has 1 aromatic carbocycles. The number of nitrogens with zero attached hydrogens (tertiary/aromatic N) is 1. The Hall–Kier alpha value is -0.380. The number of hydrogen-bond donors (Lipinski definition) is 1. The quantitative estimate of drug-likeness (QED) is 0.881. The Morgan fingerprint density at radius 2 is 2.25 bits per heavy atom. The van der Waals surface area contributed by atoms with Gasteiger partial charge >= 0.3 is 0 Å². The molecule has 0 amide bonds. The van der Waals surface area contributed by atoms with Gasteiger partial charge in [-0.3, -0.25) is 0 Å². The lowest BCUT2D eigenvalue weighted by atomic mass is 10.1. The van der Waals surface area contributed by atoms with Crippen LogP contribution in [0.2, 0.25) is 5.02 Å². The van der Waals surface area contributed by atoms with Crippen molar-refractivity contribution in [1.82, 2.24) is 0 Å². The first-order valence-corrected chi connectivity index (χ1v) is 6.69. The van der Waals surface area contributed by atoms with Crippen molar-refractivity contribution in [3.05, 3.63) is 23.2 Å². The summed E-state index contributed by atoms with van der Waals surface area (Å²) in [5.74, 6) is 0. The molecule has 1 heterocycles. The van der Waals surface area contributed by atoms with Gasteiger partial charge in [-0.1, -0.05) is 11.6 Å². The first-order chi connectivity index (χ1) is 7.63. The van der Waals surface area contributed by atoms with Crippen molar-refractivity contribution >= 4 is 29.1 Å². The number of rotatable bonds is 2. The van der Waals surface area contributed by atoms with Gasteiger partial charge in [-0.2, -0.15) is 0 Å². The van der Waals surface area contributed by atoms with Gasteiger partial charge < -0.3 is 10.0 Å². The molecule has 0 saturated carbocycles. The molecular weight excluding hydrogens is 242 g/mol. The maximum Gasteiger partial charge on any atom is 0.0519 e. The third-order valence-electron chi connectivity index (χ3n) is 3.14. The summed E-state index contributed by atoms with van der Waals surface area (Å²) < 4.78 is 0. The van der Waals surface area contributed by atoms with Crippen LogP contribution in [0.3, 0.4) is 0 Å². The Morgan fingerprint density at radius 3 is 2.94 bits per heavy atom. The third-order valence-corrected chi connectivity index (χ3v) is 4.91. The fourth-order valence-corrected chi connectivity index (χ4v) is 3.59. The standard InChI is InChI=1S/C12H16ClNOS/c1-8-11(5-6-15)16-12-4-3-9(13)7-10(12)14(8)2/h3-4,7-8,11,15H,5-6H2,1-2H3. The van der Waals surface area contributed by atoms with Crippen LogP contribution in [-0.2, 0) is 0 Å². The van der Waals surface area contributed by atoms with E-state index in [1.165, 1.54) is 10.6 Å². The number of aliphatic hydroxyl groups excluding tert-OH is 1. The highest BCUT2D eigenvalue weighted by Gasteiger charge is 2.29. The van der Waals surface area contributed by atoms with Crippen LogP contribution in [0.1, 0.15) is 13.3 Å². The van der Waals surface area contributed by atoms with Crippen LogP contribution in [0.15, 0.2) is 23.1 Å². The summed E-state index contributed by atoms with van der Waals surface area (Å²) in [6.45, 7) is 2.44. The summed E-state index contributed by atoms with van der Waals surface area (Å²) in [6.07, 6.45) is 0.832. The molecule has 1 aliphatic rings. The number of benzene rings is 1.